The molecule has 2 heterocycles. The Bertz CT molecular complexity index is 436. The van der Waals surface area contributed by atoms with Gasteiger partial charge in [-0.05, 0) is 51.7 Å². The SMILES string of the molecule is CN(CC1CCCCO1)c1cnccc1CNC(C)(C)C. The van der Waals surface area contributed by atoms with Gasteiger partial charge in [0, 0.05) is 38.5 Å². The van der Waals surface area contributed by atoms with Crippen molar-refractivity contribution < 1.29 is 4.74 Å². The van der Waals surface area contributed by atoms with Crippen molar-refractivity contribution in [2.75, 3.05) is 25.1 Å². The summed E-state index contributed by atoms with van der Waals surface area (Å²) in [6, 6.07) is 2.10. The van der Waals surface area contributed by atoms with E-state index in [4.69, 9.17) is 4.74 Å². The monoisotopic (exact) mass is 291 g/mol. The number of nitrogens with zero attached hydrogens (tertiary/aromatic N) is 2. The van der Waals surface area contributed by atoms with Crippen molar-refractivity contribution in [2.45, 2.75) is 58.2 Å². The minimum absolute atomic E-state index is 0.117. The van der Waals surface area contributed by atoms with E-state index >= 15 is 0 Å². The molecule has 0 radical (unpaired) electrons. The number of hydrogen-bond donors (Lipinski definition) is 1. The van der Waals surface area contributed by atoms with Gasteiger partial charge in [0.1, 0.15) is 0 Å². The lowest BCUT2D eigenvalue weighted by Gasteiger charge is -2.30. The molecule has 1 aliphatic heterocycles. The molecule has 0 spiro atoms. The summed E-state index contributed by atoms with van der Waals surface area (Å²) in [7, 11) is 2.13. The number of aromatic nitrogens is 1. The Labute approximate surface area is 128 Å². The summed E-state index contributed by atoms with van der Waals surface area (Å²) >= 11 is 0. The number of ether oxygens (including phenoxy) is 1. The highest BCUT2D eigenvalue weighted by Crippen LogP contribution is 2.21. The van der Waals surface area contributed by atoms with E-state index in [0.717, 1.165) is 19.7 Å². The molecule has 1 unspecified atom stereocenters. The summed E-state index contributed by atoms with van der Waals surface area (Å²) in [5, 5.41) is 3.55. The van der Waals surface area contributed by atoms with Crippen molar-refractivity contribution in [3.05, 3.63) is 24.0 Å². The zero-order valence-electron chi connectivity index (χ0n) is 13.9. The van der Waals surface area contributed by atoms with Crippen LogP contribution in [0.1, 0.15) is 45.6 Å². The normalized spacial score (nSPS) is 19.5. The zero-order valence-corrected chi connectivity index (χ0v) is 13.9. The van der Waals surface area contributed by atoms with Gasteiger partial charge in [-0.25, -0.2) is 0 Å². The third-order valence-corrected chi connectivity index (χ3v) is 3.86. The van der Waals surface area contributed by atoms with Crippen LogP contribution in [0.2, 0.25) is 0 Å². The van der Waals surface area contributed by atoms with Crippen LogP contribution in [0.15, 0.2) is 18.5 Å². The molecule has 2 rings (SSSR count). The Morgan fingerprint density at radius 1 is 1.38 bits per heavy atom. The molecule has 1 atom stereocenters. The first-order valence-electron chi connectivity index (χ1n) is 7.96. The Hall–Kier alpha value is -1.13. The van der Waals surface area contributed by atoms with Crippen LogP contribution in [0.4, 0.5) is 5.69 Å². The number of rotatable bonds is 5. The fraction of sp³-hybridized carbons (Fsp3) is 0.706. The second kappa shape index (κ2) is 7.23. The van der Waals surface area contributed by atoms with Gasteiger partial charge in [0.05, 0.1) is 18.0 Å². The summed E-state index contributed by atoms with van der Waals surface area (Å²) in [6.07, 6.45) is 7.83. The standard InChI is InChI=1S/C17H29N3O/c1-17(2,3)19-11-14-8-9-18-12-16(14)20(4)13-15-7-5-6-10-21-15/h8-9,12,15,19H,5-7,10-11,13H2,1-4H3. The van der Waals surface area contributed by atoms with Crippen LogP contribution in [0, 0.1) is 0 Å². The van der Waals surface area contributed by atoms with E-state index < -0.39 is 0 Å². The topological polar surface area (TPSA) is 37.4 Å². The van der Waals surface area contributed by atoms with Gasteiger partial charge in [-0.1, -0.05) is 0 Å². The number of anilines is 1. The van der Waals surface area contributed by atoms with Gasteiger partial charge < -0.3 is 15.0 Å². The van der Waals surface area contributed by atoms with Gasteiger partial charge in [0.2, 0.25) is 0 Å². The molecule has 4 nitrogen and oxygen atoms in total. The Kier molecular flexibility index (Phi) is 5.59. The average Bonchev–Trinajstić information content (AvgIpc) is 2.46. The number of likely N-dealkylation sites (N-methyl/N-ethyl adjacent to an activating group) is 1. The highest BCUT2D eigenvalue weighted by atomic mass is 16.5. The molecule has 0 aromatic carbocycles. The van der Waals surface area contributed by atoms with Crippen molar-refractivity contribution in [2.24, 2.45) is 0 Å². The van der Waals surface area contributed by atoms with Gasteiger partial charge in [-0.2, -0.15) is 0 Å². The van der Waals surface area contributed by atoms with Crippen molar-refractivity contribution in [1.82, 2.24) is 10.3 Å². The number of nitrogens with one attached hydrogen (secondary N) is 1. The molecular weight excluding hydrogens is 262 g/mol. The van der Waals surface area contributed by atoms with Crippen molar-refractivity contribution in [3.8, 4) is 0 Å². The fourth-order valence-electron chi connectivity index (χ4n) is 2.62. The first-order chi connectivity index (χ1) is 9.96. The second-order valence-electron chi connectivity index (χ2n) is 6.98. The molecule has 118 valence electrons. The van der Waals surface area contributed by atoms with Crippen molar-refractivity contribution in [1.29, 1.82) is 0 Å². The predicted molar refractivity (Wildman–Crippen MR) is 87.7 cm³/mol. The Balaban J connectivity index is 2.00. The molecule has 4 heteroatoms. The van der Waals surface area contributed by atoms with Gasteiger partial charge in [-0.3, -0.25) is 4.98 Å². The van der Waals surface area contributed by atoms with E-state index in [1.54, 1.807) is 0 Å². The van der Waals surface area contributed by atoms with Crippen LogP contribution in [0.5, 0.6) is 0 Å². The van der Waals surface area contributed by atoms with E-state index in [0.29, 0.717) is 6.10 Å². The lowest BCUT2D eigenvalue weighted by molar-refractivity contribution is 0.0216. The van der Waals surface area contributed by atoms with Crippen LogP contribution in [-0.4, -0.2) is 36.8 Å². The van der Waals surface area contributed by atoms with Crippen LogP contribution in [0.3, 0.4) is 0 Å². The van der Waals surface area contributed by atoms with Crippen LogP contribution in [0.25, 0.3) is 0 Å². The molecule has 1 aliphatic rings. The van der Waals surface area contributed by atoms with Gasteiger partial charge in [-0.15, -0.1) is 0 Å². The fourth-order valence-corrected chi connectivity index (χ4v) is 2.62. The highest BCUT2D eigenvalue weighted by molar-refractivity contribution is 5.51. The summed E-state index contributed by atoms with van der Waals surface area (Å²) in [5.74, 6) is 0. The lowest BCUT2D eigenvalue weighted by Crippen LogP contribution is -2.37. The smallest absolute Gasteiger partial charge is 0.0749 e. The average molecular weight is 291 g/mol. The molecule has 0 amide bonds. The van der Waals surface area contributed by atoms with E-state index in [1.807, 2.05) is 12.4 Å². The molecule has 1 fully saturated rings. The summed E-state index contributed by atoms with van der Waals surface area (Å²) in [5.41, 5.74) is 2.60. The quantitative estimate of drug-likeness (QED) is 0.905. The second-order valence-corrected chi connectivity index (χ2v) is 6.98. The van der Waals surface area contributed by atoms with Crippen LogP contribution in [-0.2, 0) is 11.3 Å². The Morgan fingerprint density at radius 2 is 2.19 bits per heavy atom. The van der Waals surface area contributed by atoms with Gasteiger partial charge in [0.25, 0.3) is 0 Å². The van der Waals surface area contributed by atoms with E-state index in [9.17, 15) is 0 Å². The molecule has 0 saturated carbocycles. The largest absolute Gasteiger partial charge is 0.376 e. The molecule has 1 aromatic rings. The molecule has 0 aliphatic carbocycles. The van der Waals surface area contributed by atoms with Gasteiger partial charge >= 0.3 is 0 Å². The summed E-state index contributed by atoms with van der Waals surface area (Å²) < 4.78 is 5.85. The van der Waals surface area contributed by atoms with Crippen LogP contribution < -0.4 is 10.2 Å². The predicted octanol–water partition coefficient (Wildman–Crippen LogP) is 2.98. The van der Waals surface area contributed by atoms with Gasteiger partial charge in [0.15, 0.2) is 0 Å². The van der Waals surface area contributed by atoms with Crippen molar-refractivity contribution in [3.63, 3.8) is 0 Å². The molecule has 21 heavy (non-hydrogen) atoms. The van der Waals surface area contributed by atoms with Crippen LogP contribution >= 0.6 is 0 Å². The lowest BCUT2D eigenvalue weighted by atomic mass is 10.1. The number of hydrogen-bond acceptors (Lipinski definition) is 4. The minimum Gasteiger partial charge on any atom is -0.376 e. The molecule has 1 aromatic heterocycles. The number of pyridine rings is 1. The first-order valence-corrected chi connectivity index (χ1v) is 7.96. The van der Waals surface area contributed by atoms with E-state index in [1.165, 1.54) is 30.5 Å². The molecule has 1 N–H and O–H groups in total. The molecule has 0 bridgehead atoms. The van der Waals surface area contributed by atoms with E-state index in [2.05, 4.69) is 49.1 Å². The third kappa shape index (κ3) is 5.29. The minimum atomic E-state index is 0.117. The van der Waals surface area contributed by atoms with Crippen molar-refractivity contribution >= 4 is 5.69 Å². The zero-order chi connectivity index (χ0) is 15.3. The maximum atomic E-state index is 5.85. The maximum Gasteiger partial charge on any atom is 0.0749 e. The summed E-state index contributed by atoms with van der Waals surface area (Å²) in [4.78, 5) is 6.57. The first kappa shape index (κ1) is 16.2. The Morgan fingerprint density at radius 3 is 2.86 bits per heavy atom. The maximum absolute atomic E-state index is 5.85. The summed E-state index contributed by atoms with van der Waals surface area (Å²) in [6.45, 7) is 9.27. The molecular formula is C17H29N3O. The molecule has 1 saturated heterocycles. The van der Waals surface area contributed by atoms with E-state index in [-0.39, 0.29) is 5.54 Å². The third-order valence-electron chi connectivity index (χ3n) is 3.86. The highest BCUT2D eigenvalue weighted by Gasteiger charge is 2.18.